The molecular formula is C18H18N2O5. The molecule has 3 N–H and O–H groups in total. The summed E-state index contributed by atoms with van der Waals surface area (Å²) in [6.07, 6.45) is -0.968. The van der Waals surface area contributed by atoms with Gasteiger partial charge in [-0.1, -0.05) is 24.3 Å². The van der Waals surface area contributed by atoms with Crippen LogP contribution in [0.15, 0.2) is 48.5 Å². The van der Waals surface area contributed by atoms with E-state index in [-0.39, 0.29) is 6.54 Å². The fourth-order valence-corrected chi connectivity index (χ4v) is 2.36. The number of carbonyl (C=O) groups is 2. The lowest BCUT2D eigenvalue weighted by Crippen LogP contribution is -2.37. The van der Waals surface area contributed by atoms with Gasteiger partial charge in [0.15, 0.2) is 11.5 Å². The van der Waals surface area contributed by atoms with Crippen LogP contribution in [-0.4, -0.2) is 36.7 Å². The molecule has 0 saturated carbocycles. The molecule has 7 nitrogen and oxygen atoms in total. The fourth-order valence-electron chi connectivity index (χ4n) is 2.36. The standard InChI is InChI=1S/C18H18N2O5/c21-14(12-6-7-15-16(10-12)25-9-8-24-15)11-19-17(22)18(23)20-13-4-2-1-3-5-13/h1-7,10,14,21H,8-9,11H2,(H,19,22)(H,20,23)/t14-/m1/s1. The summed E-state index contributed by atoms with van der Waals surface area (Å²) in [7, 11) is 0. The molecule has 130 valence electrons. The topological polar surface area (TPSA) is 96.9 Å². The second kappa shape index (κ2) is 7.67. The molecule has 2 aromatic rings. The van der Waals surface area contributed by atoms with Gasteiger partial charge in [-0.2, -0.15) is 0 Å². The highest BCUT2D eigenvalue weighted by Crippen LogP contribution is 2.32. The predicted octanol–water partition coefficient (Wildman–Crippen LogP) is 1.25. The average molecular weight is 342 g/mol. The third kappa shape index (κ3) is 4.27. The maximum absolute atomic E-state index is 11.8. The number of aliphatic hydroxyl groups excluding tert-OH is 1. The summed E-state index contributed by atoms with van der Waals surface area (Å²) in [4.78, 5) is 23.6. The zero-order chi connectivity index (χ0) is 17.6. The van der Waals surface area contributed by atoms with Crippen molar-refractivity contribution in [1.82, 2.24) is 5.32 Å². The van der Waals surface area contributed by atoms with Gasteiger partial charge in [0.2, 0.25) is 0 Å². The molecule has 0 saturated heterocycles. The van der Waals surface area contributed by atoms with Gasteiger partial charge < -0.3 is 25.2 Å². The second-order valence-corrected chi connectivity index (χ2v) is 5.45. The number of hydrogen-bond donors (Lipinski definition) is 3. The van der Waals surface area contributed by atoms with Crippen molar-refractivity contribution >= 4 is 17.5 Å². The van der Waals surface area contributed by atoms with E-state index in [0.717, 1.165) is 0 Å². The SMILES string of the molecule is O=C(NC[C@@H](O)c1ccc2c(c1)OCCO2)C(=O)Nc1ccccc1. The van der Waals surface area contributed by atoms with E-state index in [4.69, 9.17) is 9.47 Å². The summed E-state index contributed by atoms with van der Waals surface area (Å²) in [5.41, 5.74) is 1.09. The smallest absolute Gasteiger partial charge is 0.313 e. The molecule has 0 fully saturated rings. The van der Waals surface area contributed by atoms with Crippen LogP contribution in [0.3, 0.4) is 0 Å². The molecule has 0 radical (unpaired) electrons. The third-order valence-corrected chi connectivity index (χ3v) is 3.64. The highest BCUT2D eigenvalue weighted by molar-refractivity contribution is 6.39. The van der Waals surface area contributed by atoms with Crippen molar-refractivity contribution < 1.29 is 24.2 Å². The molecule has 1 aliphatic heterocycles. The van der Waals surface area contributed by atoms with Crippen LogP contribution in [0.5, 0.6) is 11.5 Å². The summed E-state index contributed by atoms with van der Waals surface area (Å²) < 4.78 is 10.9. The second-order valence-electron chi connectivity index (χ2n) is 5.45. The van der Waals surface area contributed by atoms with E-state index in [1.54, 1.807) is 48.5 Å². The Kier molecular flexibility index (Phi) is 5.15. The number of para-hydroxylation sites is 1. The normalized spacial score (nSPS) is 13.6. The zero-order valence-corrected chi connectivity index (χ0v) is 13.4. The van der Waals surface area contributed by atoms with Gasteiger partial charge in [0.25, 0.3) is 0 Å². The first kappa shape index (κ1) is 16.8. The fraction of sp³-hybridized carbons (Fsp3) is 0.222. The van der Waals surface area contributed by atoms with Crippen LogP contribution in [0.2, 0.25) is 0 Å². The molecule has 0 aromatic heterocycles. The monoisotopic (exact) mass is 342 g/mol. The summed E-state index contributed by atoms with van der Waals surface area (Å²) in [6, 6.07) is 13.7. The molecule has 3 rings (SSSR count). The maximum atomic E-state index is 11.8. The van der Waals surface area contributed by atoms with Crippen LogP contribution < -0.4 is 20.1 Å². The van der Waals surface area contributed by atoms with Gasteiger partial charge in [0.1, 0.15) is 13.2 Å². The molecule has 0 bridgehead atoms. The molecule has 1 aliphatic rings. The summed E-state index contributed by atoms with van der Waals surface area (Å²) in [5.74, 6) is -0.439. The average Bonchev–Trinajstić information content (AvgIpc) is 2.66. The van der Waals surface area contributed by atoms with Crippen molar-refractivity contribution in [2.45, 2.75) is 6.10 Å². The quantitative estimate of drug-likeness (QED) is 0.727. The molecule has 1 heterocycles. The number of nitrogens with one attached hydrogen (secondary N) is 2. The number of rotatable bonds is 4. The number of ether oxygens (including phenoxy) is 2. The minimum Gasteiger partial charge on any atom is -0.486 e. The Morgan fingerprint density at radius 1 is 1.00 bits per heavy atom. The number of amides is 2. The number of anilines is 1. The Balaban J connectivity index is 1.54. The van der Waals surface area contributed by atoms with E-state index >= 15 is 0 Å². The van der Waals surface area contributed by atoms with Gasteiger partial charge in [0.05, 0.1) is 6.10 Å². The zero-order valence-electron chi connectivity index (χ0n) is 13.4. The number of benzene rings is 2. The Labute approximate surface area is 144 Å². The van der Waals surface area contributed by atoms with Crippen molar-refractivity contribution in [1.29, 1.82) is 0 Å². The van der Waals surface area contributed by atoms with Crippen molar-refractivity contribution in [3.63, 3.8) is 0 Å². The lowest BCUT2D eigenvalue weighted by atomic mass is 10.1. The molecule has 0 aliphatic carbocycles. The van der Waals surface area contributed by atoms with Crippen LogP contribution in [0.1, 0.15) is 11.7 Å². The Morgan fingerprint density at radius 2 is 1.72 bits per heavy atom. The number of carbonyl (C=O) groups excluding carboxylic acids is 2. The molecular weight excluding hydrogens is 324 g/mol. The van der Waals surface area contributed by atoms with E-state index in [0.29, 0.717) is 36.0 Å². The number of fused-ring (bicyclic) bond motifs is 1. The van der Waals surface area contributed by atoms with Gasteiger partial charge in [-0.25, -0.2) is 0 Å². The molecule has 7 heteroatoms. The van der Waals surface area contributed by atoms with Crippen LogP contribution >= 0.6 is 0 Å². The maximum Gasteiger partial charge on any atom is 0.313 e. The van der Waals surface area contributed by atoms with Crippen molar-refractivity contribution in [2.24, 2.45) is 0 Å². The lowest BCUT2D eigenvalue weighted by molar-refractivity contribution is -0.136. The molecule has 2 aromatic carbocycles. The molecule has 0 spiro atoms. The van der Waals surface area contributed by atoms with Crippen LogP contribution in [0.4, 0.5) is 5.69 Å². The van der Waals surface area contributed by atoms with E-state index in [9.17, 15) is 14.7 Å². The van der Waals surface area contributed by atoms with E-state index in [1.807, 2.05) is 0 Å². The van der Waals surface area contributed by atoms with Gasteiger partial charge >= 0.3 is 11.8 Å². The highest BCUT2D eigenvalue weighted by Gasteiger charge is 2.18. The highest BCUT2D eigenvalue weighted by atomic mass is 16.6. The lowest BCUT2D eigenvalue weighted by Gasteiger charge is -2.20. The molecule has 2 amide bonds. The third-order valence-electron chi connectivity index (χ3n) is 3.64. The van der Waals surface area contributed by atoms with Crippen LogP contribution in [0, 0.1) is 0 Å². The number of aliphatic hydroxyl groups is 1. The van der Waals surface area contributed by atoms with Crippen molar-refractivity contribution in [3.8, 4) is 11.5 Å². The largest absolute Gasteiger partial charge is 0.486 e. The molecule has 0 unspecified atom stereocenters. The Morgan fingerprint density at radius 3 is 2.48 bits per heavy atom. The Hall–Kier alpha value is -3.06. The first-order chi connectivity index (χ1) is 12.1. The van der Waals surface area contributed by atoms with Crippen molar-refractivity contribution in [3.05, 3.63) is 54.1 Å². The Bertz CT molecular complexity index is 763. The van der Waals surface area contributed by atoms with E-state index in [2.05, 4.69) is 10.6 Å². The summed E-state index contributed by atoms with van der Waals surface area (Å²) in [5, 5.41) is 15.1. The molecule has 25 heavy (non-hydrogen) atoms. The first-order valence-corrected chi connectivity index (χ1v) is 7.85. The van der Waals surface area contributed by atoms with Crippen molar-refractivity contribution in [2.75, 3.05) is 25.1 Å². The van der Waals surface area contributed by atoms with Gasteiger partial charge in [-0.15, -0.1) is 0 Å². The minimum absolute atomic E-state index is 0.0965. The molecule has 1 atom stereocenters. The summed E-state index contributed by atoms with van der Waals surface area (Å²) >= 11 is 0. The predicted molar refractivity (Wildman–Crippen MR) is 90.5 cm³/mol. The first-order valence-electron chi connectivity index (χ1n) is 7.85. The summed E-state index contributed by atoms with van der Waals surface area (Å²) in [6.45, 7) is 0.838. The van der Waals surface area contributed by atoms with Crippen LogP contribution in [-0.2, 0) is 9.59 Å². The van der Waals surface area contributed by atoms with E-state index in [1.165, 1.54) is 0 Å². The number of hydrogen-bond acceptors (Lipinski definition) is 5. The van der Waals surface area contributed by atoms with E-state index < -0.39 is 17.9 Å². The van der Waals surface area contributed by atoms with Gasteiger partial charge in [0, 0.05) is 12.2 Å². The minimum atomic E-state index is -0.968. The van der Waals surface area contributed by atoms with Gasteiger partial charge in [-0.3, -0.25) is 9.59 Å². The van der Waals surface area contributed by atoms with Gasteiger partial charge in [-0.05, 0) is 29.8 Å². The van der Waals surface area contributed by atoms with Crippen LogP contribution in [0.25, 0.3) is 0 Å².